The molecule has 0 aliphatic carbocycles. The smallest absolute Gasteiger partial charge is 0.254 e. The van der Waals surface area contributed by atoms with Gasteiger partial charge >= 0.3 is 0 Å². The van der Waals surface area contributed by atoms with E-state index in [9.17, 15) is 4.79 Å². The van der Waals surface area contributed by atoms with Gasteiger partial charge in [-0.15, -0.1) is 0 Å². The van der Waals surface area contributed by atoms with Gasteiger partial charge in [-0.3, -0.25) is 4.79 Å². The zero-order chi connectivity index (χ0) is 16.4. The van der Waals surface area contributed by atoms with Crippen molar-refractivity contribution in [2.75, 3.05) is 6.54 Å². The van der Waals surface area contributed by atoms with Crippen LogP contribution < -0.4 is 0 Å². The molecule has 1 unspecified atom stereocenters. The molecule has 22 heavy (non-hydrogen) atoms. The highest BCUT2D eigenvalue weighted by Crippen LogP contribution is 2.26. The molecule has 0 aromatic heterocycles. The van der Waals surface area contributed by atoms with Crippen molar-refractivity contribution in [3.8, 4) is 0 Å². The first-order valence-electron chi connectivity index (χ1n) is 8.65. The minimum atomic E-state index is 0.147. The summed E-state index contributed by atoms with van der Waals surface area (Å²) < 4.78 is 0. The molecule has 1 atom stereocenters. The van der Waals surface area contributed by atoms with Crippen molar-refractivity contribution in [3.05, 3.63) is 48.6 Å². The van der Waals surface area contributed by atoms with Gasteiger partial charge in [-0.05, 0) is 24.5 Å². The van der Waals surface area contributed by atoms with Gasteiger partial charge in [-0.1, -0.05) is 77.3 Å². The summed E-state index contributed by atoms with van der Waals surface area (Å²) in [7, 11) is 0. The molecule has 1 rings (SSSR count). The number of unbranched alkanes of at least 4 members (excludes halogenated alkanes) is 4. The predicted octanol–water partition coefficient (Wildman–Crippen LogP) is 5.19. The van der Waals surface area contributed by atoms with Crippen LogP contribution in [0.2, 0.25) is 0 Å². The molecule has 0 aromatic rings. The molecule has 2 heteroatoms. The molecule has 1 aliphatic rings. The lowest BCUT2D eigenvalue weighted by Gasteiger charge is -2.27. The highest BCUT2D eigenvalue weighted by Gasteiger charge is 2.31. The van der Waals surface area contributed by atoms with E-state index in [0.29, 0.717) is 12.6 Å². The summed E-state index contributed by atoms with van der Waals surface area (Å²) in [5.41, 5.74) is 1.81. The Morgan fingerprint density at radius 2 is 1.91 bits per heavy atom. The third kappa shape index (κ3) is 5.01. The monoisotopic (exact) mass is 301 g/mol. The Bertz CT molecular complexity index is 445. The van der Waals surface area contributed by atoms with Crippen LogP contribution in [0.1, 0.15) is 58.8 Å². The van der Waals surface area contributed by atoms with Crippen LogP contribution in [0, 0.1) is 0 Å². The van der Waals surface area contributed by atoms with Gasteiger partial charge in [0, 0.05) is 18.2 Å². The molecule has 0 bridgehead atoms. The van der Waals surface area contributed by atoms with Crippen molar-refractivity contribution >= 4 is 5.91 Å². The molecule has 0 saturated carbocycles. The summed E-state index contributed by atoms with van der Waals surface area (Å²) in [6.07, 6.45) is 15.7. The third-order valence-corrected chi connectivity index (χ3v) is 4.38. The normalized spacial score (nSPS) is 16.6. The summed E-state index contributed by atoms with van der Waals surface area (Å²) in [5, 5.41) is 0. The maximum atomic E-state index is 12.7. The van der Waals surface area contributed by atoms with E-state index in [4.69, 9.17) is 0 Å². The Morgan fingerprint density at radius 1 is 1.18 bits per heavy atom. The van der Waals surface area contributed by atoms with Crippen molar-refractivity contribution < 1.29 is 4.79 Å². The van der Waals surface area contributed by atoms with Crippen molar-refractivity contribution in [2.24, 2.45) is 0 Å². The highest BCUT2D eigenvalue weighted by atomic mass is 16.2. The minimum absolute atomic E-state index is 0.147. The van der Waals surface area contributed by atoms with E-state index >= 15 is 0 Å². The van der Waals surface area contributed by atoms with E-state index in [1.54, 1.807) is 6.08 Å². The molecule has 1 amide bonds. The fourth-order valence-corrected chi connectivity index (χ4v) is 3.01. The average molecular weight is 301 g/mol. The van der Waals surface area contributed by atoms with Gasteiger partial charge in [-0.2, -0.15) is 0 Å². The van der Waals surface area contributed by atoms with E-state index in [-0.39, 0.29) is 5.91 Å². The summed E-state index contributed by atoms with van der Waals surface area (Å²) in [6, 6.07) is 0.346. The number of carbonyl (C=O) groups is 1. The molecule has 0 fully saturated rings. The second-order valence-corrected chi connectivity index (χ2v) is 5.94. The van der Waals surface area contributed by atoms with Crippen LogP contribution in [-0.4, -0.2) is 23.4 Å². The maximum Gasteiger partial charge on any atom is 0.254 e. The van der Waals surface area contributed by atoms with Crippen LogP contribution in [0.5, 0.6) is 0 Å². The number of amides is 1. The van der Waals surface area contributed by atoms with Crippen LogP contribution >= 0.6 is 0 Å². The Balaban J connectivity index is 2.64. The molecule has 0 saturated heterocycles. The van der Waals surface area contributed by atoms with Crippen LogP contribution in [0.15, 0.2) is 48.6 Å². The van der Waals surface area contributed by atoms with Crippen LogP contribution in [0.25, 0.3) is 0 Å². The Kier molecular flexibility index (Phi) is 8.57. The standard InChI is InChI=1S/C20H31NO/c1-5-9-11-12-13-14-18(8-4)21-16-17(7-3)19(20(21)22)15-10-6-2/h6-7,10,15,18H,2-3,5,8-9,11-14,16H2,1,4H3/b15-10-. The summed E-state index contributed by atoms with van der Waals surface area (Å²) >= 11 is 0. The quantitative estimate of drug-likeness (QED) is 0.380. The molecular formula is C20H31NO. The van der Waals surface area contributed by atoms with Crippen molar-refractivity contribution in [1.82, 2.24) is 4.90 Å². The first-order valence-corrected chi connectivity index (χ1v) is 8.65. The first-order chi connectivity index (χ1) is 10.7. The Morgan fingerprint density at radius 3 is 2.50 bits per heavy atom. The summed E-state index contributed by atoms with van der Waals surface area (Å²) in [6.45, 7) is 12.6. The number of nitrogens with zero attached hydrogens (tertiary/aromatic N) is 1. The first kappa shape index (κ1) is 18.5. The van der Waals surface area contributed by atoms with Crippen molar-refractivity contribution in [3.63, 3.8) is 0 Å². The number of allylic oxidation sites excluding steroid dienone is 2. The molecule has 1 aliphatic heterocycles. The summed E-state index contributed by atoms with van der Waals surface area (Å²) in [5.74, 6) is 0.147. The van der Waals surface area contributed by atoms with E-state index < -0.39 is 0 Å². The molecule has 0 N–H and O–H groups in total. The van der Waals surface area contributed by atoms with Gasteiger partial charge in [0.15, 0.2) is 0 Å². The van der Waals surface area contributed by atoms with Gasteiger partial charge < -0.3 is 4.90 Å². The van der Waals surface area contributed by atoms with E-state index in [0.717, 1.165) is 24.0 Å². The van der Waals surface area contributed by atoms with Gasteiger partial charge in [-0.25, -0.2) is 0 Å². The highest BCUT2D eigenvalue weighted by molar-refractivity contribution is 6.00. The Labute approximate surface area is 136 Å². The largest absolute Gasteiger partial charge is 0.331 e. The summed E-state index contributed by atoms with van der Waals surface area (Å²) in [4.78, 5) is 14.7. The molecule has 0 radical (unpaired) electrons. The predicted molar refractivity (Wildman–Crippen MR) is 95.7 cm³/mol. The fraction of sp³-hybridized carbons (Fsp3) is 0.550. The zero-order valence-corrected chi connectivity index (χ0v) is 14.3. The van der Waals surface area contributed by atoms with Crippen LogP contribution in [-0.2, 0) is 4.79 Å². The zero-order valence-electron chi connectivity index (χ0n) is 14.3. The van der Waals surface area contributed by atoms with E-state index in [2.05, 4.69) is 27.0 Å². The van der Waals surface area contributed by atoms with Gasteiger partial charge in [0.05, 0.1) is 0 Å². The van der Waals surface area contributed by atoms with Crippen molar-refractivity contribution in [1.29, 1.82) is 0 Å². The molecule has 0 spiro atoms. The number of hydrogen-bond acceptors (Lipinski definition) is 1. The van der Waals surface area contributed by atoms with Crippen LogP contribution in [0.4, 0.5) is 0 Å². The maximum absolute atomic E-state index is 12.7. The third-order valence-electron chi connectivity index (χ3n) is 4.38. The second-order valence-electron chi connectivity index (χ2n) is 5.94. The average Bonchev–Trinajstić information content (AvgIpc) is 2.85. The number of carbonyl (C=O) groups excluding carboxylic acids is 1. The molecule has 0 aromatic carbocycles. The minimum Gasteiger partial charge on any atom is -0.331 e. The number of hydrogen-bond donors (Lipinski definition) is 0. The Hall–Kier alpha value is -1.57. The lowest BCUT2D eigenvalue weighted by Crippen LogP contribution is -2.37. The second kappa shape index (κ2) is 10.2. The topological polar surface area (TPSA) is 20.3 Å². The van der Waals surface area contributed by atoms with Gasteiger partial charge in [0.1, 0.15) is 0 Å². The molecule has 1 heterocycles. The van der Waals surface area contributed by atoms with Gasteiger partial charge in [0.2, 0.25) is 0 Å². The lowest BCUT2D eigenvalue weighted by molar-refractivity contribution is -0.127. The van der Waals surface area contributed by atoms with Gasteiger partial charge in [0.25, 0.3) is 5.91 Å². The lowest BCUT2D eigenvalue weighted by atomic mass is 10.0. The fourth-order valence-electron chi connectivity index (χ4n) is 3.01. The van der Waals surface area contributed by atoms with Crippen LogP contribution in [0.3, 0.4) is 0 Å². The number of rotatable bonds is 11. The van der Waals surface area contributed by atoms with E-state index in [1.165, 1.54) is 32.1 Å². The SMILES string of the molecule is C=C/C=C\C1=C(C=C)CN(C(CC)CCCCCCC)C1=O. The molecular weight excluding hydrogens is 270 g/mol. The van der Waals surface area contributed by atoms with Crippen molar-refractivity contribution in [2.45, 2.75) is 64.8 Å². The molecule has 2 nitrogen and oxygen atoms in total. The molecule has 122 valence electrons. The van der Waals surface area contributed by atoms with E-state index in [1.807, 2.05) is 23.1 Å².